The molecule has 72 valence electrons. The Balaban J connectivity index is 2.88. The third-order valence-electron chi connectivity index (χ3n) is 2.61. The summed E-state index contributed by atoms with van der Waals surface area (Å²) in [5, 5.41) is 9.44. The average Bonchev–Trinajstić information content (AvgIpc) is 2.16. The van der Waals surface area contributed by atoms with Crippen LogP contribution in [0.3, 0.4) is 0 Å². The van der Waals surface area contributed by atoms with Crippen molar-refractivity contribution in [1.29, 1.82) is 0 Å². The minimum Gasteiger partial charge on any atom is -0.393 e. The van der Waals surface area contributed by atoms with Crippen LogP contribution >= 0.6 is 0 Å². The smallest absolute Gasteiger partial charge is 0.0577 e. The highest BCUT2D eigenvalue weighted by Gasteiger charge is 2.10. The normalized spacial score (nSPS) is 15.4. The van der Waals surface area contributed by atoms with E-state index in [1.54, 1.807) is 0 Å². The molecule has 1 N–H and O–H groups in total. The average molecular weight is 178 g/mol. The number of hydrogen-bond acceptors (Lipinski definition) is 1. The van der Waals surface area contributed by atoms with Gasteiger partial charge in [-0.3, -0.25) is 0 Å². The van der Waals surface area contributed by atoms with Gasteiger partial charge in [0.25, 0.3) is 0 Å². The fourth-order valence-corrected chi connectivity index (χ4v) is 1.37. The Morgan fingerprint density at radius 3 is 2.54 bits per heavy atom. The van der Waals surface area contributed by atoms with Gasteiger partial charge < -0.3 is 5.11 Å². The highest BCUT2D eigenvalue weighted by Crippen LogP contribution is 2.20. The van der Waals surface area contributed by atoms with Crippen LogP contribution < -0.4 is 0 Å². The van der Waals surface area contributed by atoms with Gasteiger partial charge in [-0.2, -0.15) is 0 Å². The number of aliphatic hydroxyl groups excluding tert-OH is 1. The molecule has 1 aromatic carbocycles. The quantitative estimate of drug-likeness (QED) is 0.754. The number of aryl methyl sites for hydroxylation is 1. The first-order valence-electron chi connectivity index (χ1n) is 4.92. The molecule has 1 rings (SSSR count). The molecule has 0 aromatic heterocycles. The molecule has 0 fully saturated rings. The van der Waals surface area contributed by atoms with Gasteiger partial charge in [-0.25, -0.2) is 0 Å². The second-order valence-corrected chi connectivity index (χ2v) is 3.63. The first-order valence-corrected chi connectivity index (χ1v) is 4.92. The molecule has 0 aliphatic rings. The van der Waals surface area contributed by atoms with E-state index in [0.29, 0.717) is 0 Å². The van der Waals surface area contributed by atoms with Crippen LogP contribution in [0.4, 0.5) is 0 Å². The molecule has 13 heavy (non-hydrogen) atoms. The van der Waals surface area contributed by atoms with Gasteiger partial charge in [0.1, 0.15) is 0 Å². The minimum absolute atomic E-state index is 0.228. The molecule has 0 bridgehead atoms. The summed E-state index contributed by atoms with van der Waals surface area (Å²) in [5.74, 6) is 0.228. The van der Waals surface area contributed by atoms with E-state index in [2.05, 4.69) is 38.1 Å². The third-order valence-corrected chi connectivity index (χ3v) is 2.61. The van der Waals surface area contributed by atoms with Crippen molar-refractivity contribution < 1.29 is 5.11 Å². The van der Waals surface area contributed by atoms with E-state index < -0.39 is 0 Å². The van der Waals surface area contributed by atoms with E-state index in [4.69, 9.17) is 0 Å². The molecule has 1 nitrogen and oxygen atoms in total. The lowest BCUT2D eigenvalue weighted by atomic mass is 9.94. The van der Waals surface area contributed by atoms with Crippen molar-refractivity contribution in [2.45, 2.75) is 39.2 Å². The molecular formula is C12H18O. The molecule has 0 radical (unpaired) electrons. The topological polar surface area (TPSA) is 20.2 Å². The standard InChI is InChI=1S/C12H18O/c1-4-11-6-5-7-12(8-11)9(2)10(3)13/h5-10,13H,4H2,1-3H3. The van der Waals surface area contributed by atoms with Gasteiger partial charge in [0, 0.05) is 5.92 Å². The molecule has 0 aliphatic heterocycles. The molecule has 0 saturated carbocycles. The second-order valence-electron chi connectivity index (χ2n) is 3.63. The van der Waals surface area contributed by atoms with E-state index in [1.165, 1.54) is 11.1 Å². The molecule has 2 unspecified atom stereocenters. The van der Waals surface area contributed by atoms with Gasteiger partial charge in [-0.1, -0.05) is 38.1 Å². The monoisotopic (exact) mass is 178 g/mol. The summed E-state index contributed by atoms with van der Waals surface area (Å²) in [6, 6.07) is 8.44. The summed E-state index contributed by atoms with van der Waals surface area (Å²) in [7, 11) is 0. The minimum atomic E-state index is -0.271. The lowest BCUT2D eigenvalue weighted by Gasteiger charge is -2.15. The van der Waals surface area contributed by atoms with E-state index in [0.717, 1.165) is 6.42 Å². The Morgan fingerprint density at radius 1 is 1.31 bits per heavy atom. The van der Waals surface area contributed by atoms with Crippen LogP contribution in [0.2, 0.25) is 0 Å². The molecule has 1 heteroatoms. The molecule has 0 saturated heterocycles. The van der Waals surface area contributed by atoms with Gasteiger partial charge >= 0.3 is 0 Å². The van der Waals surface area contributed by atoms with Crippen molar-refractivity contribution in [1.82, 2.24) is 0 Å². The van der Waals surface area contributed by atoms with Gasteiger partial charge in [-0.05, 0) is 24.5 Å². The first kappa shape index (κ1) is 10.3. The Labute approximate surface area is 80.4 Å². The number of rotatable bonds is 3. The van der Waals surface area contributed by atoms with Crippen molar-refractivity contribution in [2.75, 3.05) is 0 Å². The van der Waals surface area contributed by atoms with E-state index in [1.807, 2.05) is 6.92 Å². The van der Waals surface area contributed by atoms with Gasteiger partial charge in [0.2, 0.25) is 0 Å². The fraction of sp³-hybridized carbons (Fsp3) is 0.500. The molecule has 0 amide bonds. The summed E-state index contributed by atoms with van der Waals surface area (Å²) >= 11 is 0. The molecular weight excluding hydrogens is 160 g/mol. The van der Waals surface area contributed by atoms with Gasteiger partial charge in [-0.15, -0.1) is 0 Å². The maximum absolute atomic E-state index is 9.44. The number of benzene rings is 1. The van der Waals surface area contributed by atoms with Crippen molar-refractivity contribution in [3.05, 3.63) is 35.4 Å². The predicted molar refractivity (Wildman–Crippen MR) is 55.9 cm³/mol. The molecule has 1 aromatic rings. The fourth-order valence-electron chi connectivity index (χ4n) is 1.37. The van der Waals surface area contributed by atoms with Crippen LogP contribution in [0.25, 0.3) is 0 Å². The maximum atomic E-state index is 9.44. The van der Waals surface area contributed by atoms with Gasteiger partial charge in [0.15, 0.2) is 0 Å². The van der Waals surface area contributed by atoms with Crippen molar-refractivity contribution in [2.24, 2.45) is 0 Å². The Kier molecular flexibility index (Phi) is 3.49. The lowest BCUT2D eigenvalue weighted by Crippen LogP contribution is -2.10. The predicted octanol–water partition coefficient (Wildman–Crippen LogP) is 2.73. The van der Waals surface area contributed by atoms with Crippen LogP contribution in [0, 0.1) is 0 Å². The van der Waals surface area contributed by atoms with Crippen LogP contribution in [0.15, 0.2) is 24.3 Å². The summed E-state index contributed by atoms with van der Waals surface area (Å²) in [5.41, 5.74) is 2.57. The maximum Gasteiger partial charge on any atom is 0.0577 e. The molecule has 2 atom stereocenters. The summed E-state index contributed by atoms with van der Waals surface area (Å²) in [4.78, 5) is 0. The molecule has 0 spiro atoms. The van der Waals surface area contributed by atoms with E-state index in [9.17, 15) is 5.11 Å². The zero-order valence-electron chi connectivity index (χ0n) is 8.62. The summed E-state index contributed by atoms with van der Waals surface area (Å²) in [6.45, 7) is 6.04. The summed E-state index contributed by atoms with van der Waals surface area (Å²) < 4.78 is 0. The van der Waals surface area contributed by atoms with Crippen LogP contribution in [-0.4, -0.2) is 11.2 Å². The van der Waals surface area contributed by atoms with E-state index in [-0.39, 0.29) is 12.0 Å². The van der Waals surface area contributed by atoms with Crippen LogP contribution in [0.1, 0.15) is 37.8 Å². The van der Waals surface area contributed by atoms with Crippen LogP contribution in [-0.2, 0) is 6.42 Å². The molecule has 0 heterocycles. The number of aliphatic hydroxyl groups is 1. The highest BCUT2D eigenvalue weighted by atomic mass is 16.3. The van der Waals surface area contributed by atoms with Crippen molar-refractivity contribution in [3.8, 4) is 0 Å². The Bertz CT molecular complexity index is 266. The van der Waals surface area contributed by atoms with Crippen molar-refractivity contribution >= 4 is 0 Å². The summed E-state index contributed by atoms with van der Waals surface area (Å²) in [6.07, 6.45) is 0.785. The highest BCUT2D eigenvalue weighted by molar-refractivity contribution is 5.26. The first-order chi connectivity index (χ1) is 6.15. The van der Waals surface area contributed by atoms with Crippen molar-refractivity contribution in [3.63, 3.8) is 0 Å². The third kappa shape index (κ3) is 2.56. The molecule has 0 aliphatic carbocycles. The van der Waals surface area contributed by atoms with Gasteiger partial charge in [0.05, 0.1) is 6.10 Å². The SMILES string of the molecule is CCc1cccc(C(C)C(C)O)c1. The largest absolute Gasteiger partial charge is 0.393 e. The Morgan fingerprint density at radius 2 is 2.00 bits per heavy atom. The number of hydrogen-bond donors (Lipinski definition) is 1. The second kappa shape index (κ2) is 4.43. The zero-order valence-corrected chi connectivity index (χ0v) is 8.62. The van der Waals surface area contributed by atoms with Crippen LogP contribution in [0.5, 0.6) is 0 Å². The zero-order chi connectivity index (χ0) is 9.84. The Hall–Kier alpha value is -0.820. The lowest BCUT2D eigenvalue weighted by molar-refractivity contribution is 0.169. The van der Waals surface area contributed by atoms with E-state index >= 15 is 0 Å².